The number of rotatable bonds is 3. The smallest absolute Gasteiger partial charge is 0.152 e. The molecule has 0 saturated carbocycles. The molecular weight excluding hydrogens is 298 g/mol. The summed E-state index contributed by atoms with van der Waals surface area (Å²) in [6.45, 7) is 5.79. The third kappa shape index (κ3) is 3.35. The van der Waals surface area contributed by atoms with Crippen LogP contribution in [-0.4, -0.2) is 36.5 Å². The topological polar surface area (TPSA) is 36.9 Å². The highest BCUT2D eigenvalue weighted by atomic mass is 16.7. The Morgan fingerprint density at radius 3 is 2.67 bits per heavy atom. The van der Waals surface area contributed by atoms with E-state index in [4.69, 9.17) is 4.84 Å². The lowest BCUT2D eigenvalue weighted by Crippen LogP contribution is -2.45. The van der Waals surface area contributed by atoms with Crippen LogP contribution in [0.25, 0.3) is 0 Å². The van der Waals surface area contributed by atoms with E-state index < -0.39 is 0 Å². The Bertz CT molecular complexity index is 739. The van der Waals surface area contributed by atoms with E-state index in [0.29, 0.717) is 6.54 Å². The third-order valence-electron chi connectivity index (χ3n) is 4.77. The van der Waals surface area contributed by atoms with Gasteiger partial charge in [0.2, 0.25) is 0 Å². The van der Waals surface area contributed by atoms with Gasteiger partial charge in [0, 0.05) is 25.2 Å². The van der Waals surface area contributed by atoms with Crippen molar-refractivity contribution in [3.8, 4) is 0 Å². The highest BCUT2D eigenvalue weighted by Crippen LogP contribution is 2.19. The highest BCUT2D eigenvalue weighted by molar-refractivity contribution is 5.98. The zero-order chi connectivity index (χ0) is 16.4. The molecule has 2 aliphatic heterocycles. The lowest BCUT2D eigenvalue weighted by atomic mass is 10.00. The summed E-state index contributed by atoms with van der Waals surface area (Å²) in [5.74, 6) is 0.829. The first-order valence-electron chi connectivity index (χ1n) is 8.60. The quantitative estimate of drug-likeness (QED) is 0.944. The van der Waals surface area contributed by atoms with Crippen LogP contribution in [0.5, 0.6) is 0 Å². The molecule has 24 heavy (non-hydrogen) atoms. The second kappa shape index (κ2) is 6.75. The monoisotopic (exact) mass is 321 g/mol. The Morgan fingerprint density at radius 1 is 1.12 bits per heavy atom. The fourth-order valence-corrected chi connectivity index (χ4v) is 3.36. The molecule has 0 saturated heterocycles. The number of aliphatic imine (C=N–C) groups is 1. The molecule has 0 radical (unpaired) electrons. The van der Waals surface area contributed by atoms with Crippen molar-refractivity contribution in [2.45, 2.75) is 26.0 Å². The van der Waals surface area contributed by atoms with E-state index in [0.717, 1.165) is 37.5 Å². The van der Waals surface area contributed by atoms with Crippen molar-refractivity contribution >= 4 is 5.84 Å². The van der Waals surface area contributed by atoms with Gasteiger partial charge in [-0.15, -0.1) is 0 Å². The zero-order valence-electron chi connectivity index (χ0n) is 14.0. The lowest BCUT2D eigenvalue weighted by molar-refractivity contribution is -0.0152. The predicted molar refractivity (Wildman–Crippen MR) is 96.0 cm³/mol. The maximum atomic E-state index is 5.84. The Hall–Kier alpha value is -2.17. The summed E-state index contributed by atoms with van der Waals surface area (Å²) >= 11 is 0. The molecule has 1 atom stereocenters. The molecule has 0 aromatic heterocycles. The summed E-state index contributed by atoms with van der Waals surface area (Å²) in [4.78, 5) is 13.0. The second-order valence-corrected chi connectivity index (χ2v) is 6.65. The Labute approximate surface area is 143 Å². The van der Waals surface area contributed by atoms with Crippen molar-refractivity contribution in [2.24, 2.45) is 4.99 Å². The van der Waals surface area contributed by atoms with Gasteiger partial charge in [0.25, 0.3) is 0 Å². The molecule has 1 unspecified atom stereocenters. The van der Waals surface area contributed by atoms with Crippen molar-refractivity contribution in [1.29, 1.82) is 0 Å². The average molecular weight is 321 g/mol. The van der Waals surface area contributed by atoms with Gasteiger partial charge in [-0.3, -0.25) is 14.7 Å². The van der Waals surface area contributed by atoms with E-state index in [1.54, 1.807) is 0 Å². The minimum Gasteiger partial charge on any atom is -0.296 e. The molecule has 4 rings (SSSR count). The second-order valence-electron chi connectivity index (χ2n) is 6.65. The number of fused-ring (bicyclic) bond motifs is 1. The van der Waals surface area contributed by atoms with Crippen molar-refractivity contribution in [3.63, 3.8) is 0 Å². The first kappa shape index (κ1) is 15.4. The maximum Gasteiger partial charge on any atom is 0.152 e. The number of hydroxylamine groups is 1. The van der Waals surface area contributed by atoms with Gasteiger partial charge in [0.15, 0.2) is 5.84 Å². The van der Waals surface area contributed by atoms with Crippen LogP contribution in [0.2, 0.25) is 0 Å². The van der Waals surface area contributed by atoms with Crippen LogP contribution >= 0.6 is 0 Å². The van der Waals surface area contributed by atoms with Crippen LogP contribution in [0, 0.1) is 6.92 Å². The molecule has 0 amide bonds. The Kier molecular flexibility index (Phi) is 4.32. The Morgan fingerprint density at radius 2 is 1.92 bits per heavy atom. The summed E-state index contributed by atoms with van der Waals surface area (Å²) in [5.41, 5.74) is 8.28. The van der Waals surface area contributed by atoms with Crippen LogP contribution in [0.1, 0.15) is 22.3 Å². The average Bonchev–Trinajstić information content (AvgIpc) is 2.63. The van der Waals surface area contributed by atoms with Crippen LogP contribution in [0.4, 0.5) is 0 Å². The zero-order valence-corrected chi connectivity index (χ0v) is 14.0. The fraction of sp³-hybridized carbons (Fsp3) is 0.350. The van der Waals surface area contributed by atoms with Crippen LogP contribution in [0.3, 0.4) is 0 Å². The van der Waals surface area contributed by atoms with E-state index >= 15 is 0 Å². The molecule has 0 fully saturated rings. The van der Waals surface area contributed by atoms with Gasteiger partial charge in [0.05, 0.1) is 6.54 Å². The molecule has 4 heteroatoms. The third-order valence-corrected chi connectivity index (χ3v) is 4.77. The van der Waals surface area contributed by atoms with E-state index in [9.17, 15) is 0 Å². The number of benzene rings is 2. The van der Waals surface area contributed by atoms with Crippen molar-refractivity contribution < 1.29 is 4.84 Å². The van der Waals surface area contributed by atoms with Crippen LogP contribution in [-0.2, 0) is 17.8 Å². The predicted octanol–water partition coefficient (Wildman–Crippen LogP) is 2.70. The summed E-state index contributed by atoms with van der Waals surface area (Å²) < 4.78 is 0. The molecule has 0 spiro atoms. The standard InChI is InChI=1S/C20H23N3O/c1-15-6-8-17(9-7-15)20-21-12-19(24-22-20)14-23-11-10-16-4-2-3-5-18(16)13-23/h2-9,19H,10-14H2,1H3,(H,21,22). The molecule has 1 N–H and O–H groups in total. The number of nitrogens with zero attached hydrogens (tertiary/aromatic N) is 2. The number of amidine groups is 1. The first-order chi connectivity index (χ1) is 11.8. The number of aryl methyl sites for hydroxylation is 1. The van der Waals surface area contributed by atoms with Gasteiger partial charge in [-0.25, -0.2) is 5.48 Å². The summed E-state index contributed by atoms with van der Waals surface area (Å²) in [6.07, 6.45) is 1.22. The molecular formula is C20H23N3O. The van der Waals surface area contributed by atoms with Gasteiger partial charge in [-0.1, -0.05) is 54.1 Å². The van der Waals surface area contributed by atoms with E-state index in [1.807, 2.05) is 0 Å². The minimum absolute atomic E-state index is 0.101. The van der Waals surface area contributed by atoms with Gasteiger partial charge in [0.1, 0.15) is 6.10 Å². The normalized spacial score (nSPS) is 20.9. The maximum absolute atomic E-state index is 5.84. The van der Waals surface area contributed by atoms with Gasteiger partial charge in [-0.05, 0) is 24.5 Å². The largest absolute Gasteiger partial charge is 0.296 e. The van der Waals surface area contributed by atoms with Crippen LogP contribution in [0.15, 0.2) is 53.5 Å². The van der Waals surface area contributed by atoms with E-state index in [2.05, 4.69) is 70.8 Å². The summed E-state index contributed by atoms with van der Waals surface area (Å²) in [7, 11) is 0. The Balaban J connectivity index is 1.36. The summed E-state index contributed by atoms with van der Waals surface area (Å²) in [6, 6.07) is 17.1. The molecule has 2 heterocycles. The first-order valence-corrected chi connectivity index (χ1v) is 8.60. The summed E-state index contributed by atoms with van der Waals surface area (Å²) in [5, 5.41) is 0. The SMILES string of the molecule is Cc1ccc(C2=NCC(CN3CCc4ccccc4C3)ON2)cc1. The van der Waals surface area contributed by atoms with E-state index in [1.165, 1.54) is 16.7 Å². The molecule has 2 aliphatic rings. The molecule has 2 aromatic rings. The van der Waals surface area contributed by atoms with Gasteiger partial charge < -0.3 is 0 Å². The fourth-order valence-electron chi connectivity index (χ4n) is 3.36. The number of hydrogen-bond acceptors (Lipinski definition) is 4. The molecule has 2 aromatic carbocycles. The molecule has 0 aliphatic carbocycles. The molecule has 124 valence electrons. The van der Waals surface area contributed by atoms with Gasteiger partial charge in [-0.2, -0.15) is 0 Å². The minimum atomic E-state index is 0.101. The van der Waals surface area contributed by atoms with Crippen molar-refractivity contribution in [3.05, 3.63) is 70.8 Å². The van der Waals surface area contributed by atoms with Crippen LogP contribution < -0.4 is 5.48 Å². The van der Waals surface area contributed by atoms with Crippen molar-refractivity contribution in [1.82, 2.24) is 10.4 Å². The van der Waals surface area contributed by atoms with Crippen molar-refractivity contribution in [2.75, 3.05) is 19.6 Å². The molecule has 4 nitrogen and oxygen atoms in total. The highest BCUT2D eigenvalue weighted by Gasteiger charge is 2.23. The van der Waals surface area contributed by atoms with E-state index in [-0.39, 0.29) is 6.10 Å². The molecule has 0 bridgehead atoms. The lowest BCUT2D eigenvalue weighted by Gasteiger charge is -2.32. The number of hydrogen-bond donors (Lipinski definition) is 1. The number of nitrogens with one attached hydrogen (secondary N) is 1. The van der Waals surface area contributed by atoms with Gasteiger partial charge >= 0.3 is 0 Å².